The van der Waals surface area contributed by atoms with E-state index in [2.05, 4.69) is 9.88 Å². The van der Waals surface area contributed by atoms with Crippen molar-refractivity contribution in [1.82, 2.24) is 9.88 Å². The fourth-order valence-corrected chi connectivity index (χ4v) is 6.75. The third-order valence-corrected chi connectivity index (χ3v) is 9.49. The monoisotopic (exact) mass is 630 g/mol. The number of carbonyl (C=O) groups is 2. The van der Waals surface area contributed by atoms with Crippen LogP contribution in [0.3, 0.4) is 0 Å². The third kappa shape index (κ3) is 5.70. The molecule has 0 unspecified atom stereocenters. The van der Waals surface area contributed by atoms with Gasteiger partial charge in [0.05, 0.1) is 27.7 Å². The molecule has 1 aromatic heterocycles. The van der Waals surface area contributed by atoms with E-state index in [1.165, 1.54) is 48.2 Å². The fraction of sp³-hybridized carbons (Fsp3) is 0.200. The van der Waals surface area contributed by atoms with Gasteiger partial charge >= 0.3 is 12.1 Å². The maximum absolute atomic E-state index is 14.2. The summed E-state index contributed by atoms with van der Waals surface area (Å²) in [6, 6.07) is 21.5. The van der Waals surface area contributed by atoms with Crippen LogP contribution >= 0.6 is 11.8 Å². The van der Waals surface area contributed by atoms with E-state index in [1.54, 1.807) is 30.3 Å². The molecule has 10 heteroatoms. The number of benzene rings is 4. The molecular weight excluding hydrogens is 604 g/mol. The van der Waals surface area contributed by atoms with Crippen LogP contribution in [0.2, 0.25) is 0 Å². The Morgan fingerprint density at radius 2 is 1.56 bits per heavy atom. The Labute approximate surface area is 259 Å². The zero-order chi connectivity index (χ0) is 31.5. The molecule has 2 saturated carbocycles. The van der Waals surface area contributed by atoms with Gasteiger partial charge < -0.3 is 15.0 Å². The molecule has 5 aromatic rings. The summed E-state index contributed by atoms with van der Waals surface area (Å²) in [5, 5.41) is 13.2. The number of fused-ring (bicyclic) bond motifs is 1. The molecule has 45 heavy (non-hydrogen) atoms. The van der Waals surface area contributed by atoms with Gasteiger partial charge in [-0.2, -0.15) is 13.2 Å². The molecule has 2 fully saturated rings. The minimum Gasteiger partial charge on any atom is -0.478 e. The van der Waals surface area contributed by atoms with Crippen molar-refractivity contribution in [3.8, 4) is 11.1 Å². The molecular formula is C35H26F4N2O3S. The minimum absolute atomic E-state index is 0.154. The Morgan fingerprint density at radius 1 is 0.889 bits per heavy atom. The molecule has 2 aliphatic carbocycles. The van der Waals surface area contributed by atoms with Gasteiger partial charge in [0.2, 0.25) is 0 Å². The highest BCUT2D eigenvalue weighted by molar-refractivity contribution is 7.99. The lowest BCUT2D eigenvalue weighted by Crippen LogP contribution is -2.35. The van der Waals surface area contributed by atoms with Gasteiger partial charge in [-0.25, -0.2) is 9.18 Å². The van der Waals surface area contributed by atoms with Crippen molar-refractivity contribution in [3.05, 3.63) is 119 Å². The number of carboxylic acid groups (broad SMARTS) is 1. The highest BCUT2D eigenvalue weighted by Crippen LogP contribution is 2.48. The van der Waals surface area contributed by atoms with Gasteiger partial charge in [-0.3, -0.25) is 4.79 Å². The summed E-state index contributed by atoms with van der Waals surface area (Å²) in [5.41, 5.74) is 2.26. The Balaban J connectivity index is 1.33. The Hall–Kier alpha value is -4.57. The topological polar surface area (TPSA) is 71.3 Å². The minimum atomic E-state index is -4.44. The van der Waals surface area contributed by atoms with Crippen molar-refractivity contribution in [3.63, 3.8) is 0 Å². The van der Waals surface area contributed by atoms with Gasteiger partial charge in [-0.15, -0.1) is 0 Å². The molecule has 7 rings (SSSR count). The molecule has 0 aliphatic heterocycles. The summed E-state index contributed by atoms with van der Waals surface area (Å²) in [4.78, 5) is 27.0. The number of nitrogens with zero attached hydrogens (tertiary/aromatic N) is 1. The quantitative estimate of drug-likeness (QED) is 0.168. The first-order chi connectivity index (χ1) is 21.5. The van der Waals surface area contributed by atoms with Crippen LogP contribution < -0.4 is 5.32 Å². The molecule has 1 amide bonds. The number of rotatable bonds is 8. The summed E-state index contributed by atoms with van der Waals surface area (Å²) in [6.07, 6.45) is 0.815. The van der Waals surface area contributed by atoms with Gasteiger partial charge in [0.25, 0.3) is 5.91 Å². The average molecular weight is 631 g/mol. The number of alkyl halides is 3. The lowest BCUT2D eigenvalue weighted by molar-refractivity contribution is -0.137. The van der Waals surface area contributed by atoms with Gasteiger partial charge in [0.1, 0.15) is 5.82 Å². The lowest BCUT2D eigenvalue weighted by atomic mass is 9.98. The lowest BCUT2D eigenvalue weighted by Gasteiger charge is -2.20. The standard InChI is InChI=1S/C35H26F4N2O3S/c36-25-9-3-20(4-10-25)22-17-28(32(42)40-34(15-16-34)23-5-1-21(2-6-23)33(43)44)31-29(18-22)41(26-11-12-26)19-30(31)45-27-13-7-24(8-14-27)35(37,38)39/h1-10,13-14,17-19,26H,11-12,15-16H2,(H,40,42)(H,43,44). The van der Waals surface area contributed by atoms with Crippen LogP contribution in [0.1, 0.15) is 63.6 Å². The van der Waals surface area contributed by atoms with E-state index in [1.807, 2.05) is 12.3 Å². The van der Waals surface area contributed by atoms with Gasteiger partial charge in [-0.05, 0) is 103 Å². The van der Waals surface area contributed by atoms with E-state index in [9.17, 15) is 32.3 Å². The largest absolute Gasteiger partial charge is 0.478 e. The molecule has 0 saturated heterocycles. The van der Waals surface area contributed by atoms with E-state index in [0.29, 0.717) is 28.7 Å². The van der Waals surface area contributed by atoms with Crippen molar-refractivity contribution in [2.24, 2.45) is 0 Å². The first-order valence-corrected chi connectivity index (χ1v) is 15.3. The highest BCUT2D eigenvalue weighted by atomic mass is 32.2. The van der Waals surface area contributed by atoms with Crippen LogP contribution in [-0.2, 0) is 11.7 Å². The van der Waals surface area contributed by atoms with Crippen molar-refractivity contribution < 1.29 is 32.3 Å². The summed E-state index contributed by atoms with van der Waals surface area (Å²) >= 11 is 1.30. The number of nitrogens with one attached hydrogen (secondary N) is 1. The van der Waals surface area contributed by atoms with Crippen molar-refractivity contribution in [2.75, 3.05) is 0 Å². The summed E-state index contributed by atoms with van der Waals surface area (Å²) in [7, 11) is 0. The third-order valence-electron chi connectivity index (χ3n) is 8.46. The first-order valence-electron chi connectivity index (χ1n) is 14.5. The second-order valence-electron chi connectivity index (χ2n) is 11.6. The summed E-state index contributed by atoms with van der Waals surface area (Å²) in [5.74, 6) is -1.74. The number of halogens is 4. The Bertz CT molecular complexity index is 1940. The Morgan fingerprint density at radius 3 is 2.13 bits per heavy atom. The second kappa shape index (κ2) is 10.8. The number of carboxylic acids is 1. The van der Waals surface area contributed by atoms with Gasteiger partial charge in [0, 0.05) is 27.4 Å². The molecule has 0 atom stereocenters. The van der Waals surface area contributed by atoms with E-state index in [4.69, 9.17) is 0 Å². The zero-order valence-corrected chi connectivity index (χ0v) is 24.5. The molecule has 4 aromatic carbocycles. The van der Waals surface area contributed by atoms with Crippen molar-refractivity contribution >= 4 is 34.5 Å². The normalized spacial score (nSPS) is 15.6. The number of hydrogen-bond acceptors (Lipinski definition) is 3. The summed E-state index contributed by atoms with van der Waals surface area (Å²) in [6.45, 7) is 0. The van der Waals surface area contributed by atoms with E-state index in [0.717, 1.165) is 52.1 Å². The van der Waals surface area contributed by atoms with Crippen molar-refractivity contribution in [2.45, 2.75) is 53.2 Å². The maximum atomic E-state index is 14.2. The molecule has 228 valence electrons. The molecule has 0 spiro atoms. The smallest absolute Gasteiger partial charge is 0.416 e. The maximum Gasteiger partial charge on any atom is 0.416 e. The molecule has 0 bridgehead atoms. The average Bonchev–Trinajstić information content (AvgIpc) is 3.96. The van der Waals surface area contributed by atoms with Crippen LogP contribution in [-0.4, -0.2) is 21.6 Å². The predicted molar refractivity (Wildman–Crippen MR) is 163 cm³/mol. The number of carbonyl (C=O) groups excluding carboxylic acids is 1. The number of aromatic carboxylic acids is 1. The SMILES string of the molecule is O=C(O)c1ccc(C2(NC(=O)c3cc(-c4ccc(F)cc4)cc4c3c(Sc3ccc(C(F)(F)F)cc3)cn4C3CC3)CC2)cc1. The van der Waals surface area contributed by atoms with Gasteiger partial charge in [0.15, 0.2) is 0 Å². The summed E-state index contributed by atoms with van der Waals surface area (Å²) < 4.78 is 55.6. The van der Waals surface area contributed by atoms with E-state index < -0.39 is 23.2 Å². The van der Waals surface area contributed by atoms with Gasteiger partial charge in [-0.1, -0.05) is 36.0 Å². The van der Waals surface area contributed by atoms with Crippen LogP contribution in [0.5, 0.6) is 0 Å². The molecule has 1 heterocycles. The van der Waals surface area contributed by atoms with Crippen LogP contribution in [0, 0.1) is 5.82 Å². The Kier molecular flexibility index (Phi) is 7.00. The molecule has 5 nitrogen and oxygen atoms in total. The molecule has 0 radical (unpaired) electrons. The second-order valence-corrected chi connectivity index (χ2v) is 12.7. The first kappa shape index (κ1) is 29.2. The molecule has 2 aliphatic rings. The highest BCUT2D eigenvalue weighted by Gasteiger charge is 2.46. The van der Waals surface area contributed by atoms with Crippen molar-refractivity contribution in [1.29, 1.82) is 0 Å². The van der Waals surface area contributed by atoms with Crippen LogP contribution in [0.4, 0.5) is 17.6 Å². The van der Waals surface area contributed by atoms with E-state index in [-0.39, 0.29) is 23.3 Å². The van der Waals surface area contributed by atoms with Crippen LogP contribution in [0.25, 0.3) is 22.0 Å². The number of hydrogen-bond donors (Lipinski definition) is 2. The molecule has 2 N–H and O–H groups in total. The number of aromatic nitrogens is 1. The number of amides is 1. The zero-order valence-electron chi connectivity index (χ0n) is 23.7. The predicted octanol–water partition coefficient (Wildman–Crippen LogP) is 9.07. The van der Waals surface area contributed by atoms with E-state index >= 15 is 0 Å². The van der Waals surface area contributed by atoms with Crippen LogP contribution in [0.15, 0.2) is 101 Å². The fourth-order valence-electron chi connectivity index (χ4n) is 5.74.